The Morgan fingerprint density at radius 1 is 0.724 bits per heavy atom. The van der Waals surface area contributed by atoms with Crippen LogP contribution < -0.4 is 0 Å². The van der Waals surface area contributed by atoms with Gasteiger partial charge in [-0.25, -0.2) is 19.2 Å². The molecule has 13 nitrogen and oxygen atoms in total. The summed E-state index contributed by atoms with van der Waals surface area (Å²) in [5.74, 6) is -7.08. The van der Waals surface area contributed by atoms with E-state index in [4.69, 9.17) is 10.2 Å². The maximum absolute atomic E-state index is 12.3. The summed E-state index contributed by atoms with van der Waals surface area (Å²) < 4.78 is 4.37. The van der Waals surface area contributed by atoms with Crippen molar-refractivity contribution in [3.05, 3.63) is 78.9 Å². The van der Waals surface area contributed by atoms with E-state index in [0.717, 1.165) is 36.4 Å². The summed E-state index contributed by atoms with van der Waals surface area (Å²) in [5, 5.41) is 40.4. The van der Waals surface area contributed by atoms with Crippen molar-refractivity contribution in [3.63, 3.8) is 0 Å². The summed E-state index contributed by atoms with van der Waals surface area (Å²) in [6.07, 6.45) is 0. The highest BCUT2D eigenvalue weighted by molar-refractivity contribution is 6.13. The van der Waals surface area contributed by atoms with E-state index in [1.54, 1.807) is 0 Å². The van der Waals surface area contributed by atoms with Crippen molar-refractivity contribution in [2.45, 2.75) is 0 Å². The number of carboxylic acid groups (broad SMARTS) is 2. The lowest BCUT2D eigenvalue weighted by atomic mass is 10.0. The van der Waals surface area contributed by atoms with Crippen molar-refractivity contribution in [1.29, 1.82) is 0 Å². The Kier molecular flexibility index (Phi) is 5.63. The van der Waals surface area contributed by atoms with Crippen LogP contribution in [0.4, 0.5) is 11.4 Å². The lowest BCUT2D eigenvalue weighted by Gasteiger charge is -2.08. The average Bonchev–Trinajstić information content (AvgIpc) is 2.66. The molecular weight excluding hydrogens is 396 g/mol. The highest BCUT2D eigenvalue weighted by Crippen LogP contribution is 2.27. The number of nitro benzene ring substituents is 2. The molecule has 2 aromatic rings. The third-order valence-electron chi connectivity index (χ3n) is 3.53. The molecule has 0 saturated heterocycles. The van der Waals surface area contributed by atoms with Gasteiger partial charge in [-0.2, -0.15) is 0 Å². The van der Waals surface area contributed by atoms with Gasteiger partial charge in [-0.15, -0.1) is 0 Å². The minimum absolute atomic E-state index is 0.779. The standard InChI is InChI=1S/C16H8N2O11/c19-13(20)7-3-1-5-9(17(25)26)11(7)15(23)29-16(24)12-8(14(21)22)4-2-6-10(12)18(27)28/h1-6H,(H,19,20)(H,21,22). The number of nitro groups is 2. The molecule has 0 bridgehead atoms. The minimum Gasteiger partial charge on any atom is -0.478 e. The third kappa shape index (κ3) is 4.02. The quantitative estimate of drug-likeness (QED) is 0.308. The normalized spacial score (nSPS) is 10.1. The van der Waals surface area contributed by atoms with E-state index in [1.165, 1.54) is 0 Å². The molecule has 2 rings (SSSR count). The first-order valence-corrected chi connectivity index (χ1v) is 7.34. The van der Waals surface area contributed by atoms with E-state index in [0.29, 0.717) is 0 Å². The van der Waals surface area contributed by atoms with Crippen LogP contribution in [0.15, 0.2) is 36.4 Å². The summed E-state index contributed by atoms with van der Waals surface area (Å²) >= 11 is 0. The van der Waals surface area contributed by atoms with E-state index in [1.807, 2.05) is 0 Å². The number of esters is 2. The first-order chi connectivity index (χ1) is 13.6. The van der Waals surface area contributed by atoms with Gasteiger partial charge in [0.05, 0.1) is 21.0 Å². The van der Waals surface area contributed by atoms with Gasteiger partial charge in [0.25, 0.3) is 11.4 Å². The van der Waals surface area contributed by atoms with Gasteiger partial charge < -0.3 is 14.9 Å². The summed E-state index contributed by atoms with van der Waals surface area (Å²) in [4.78, 5) is 67.1. The van der Waals surface area contributed by atoms with Crippen LogP contribution >= 0.6 is 0 Å². The highest BCUT2D eigenvalue weighted by Gasteiger charge is 2.34. The number of ether oxygens (including phenoxy) is 1. The molecule has 0 aliphatic carbocycles. The highest BCUT2D eigenvalue weighted by atomic mass is 16.6. The second-order valence-electron chi connectivity index (χ2n) is 5.20. The molecule has 13 heteroatoms. The smallest absolute Gasteiger partial charge is 0.353 e. The summed E-state index contributed by atoms with van der Waals surface area (Å²) in [7, 11) is 0. The molecule has 0 radical (unpaired) electrons. The van der Waals surface area contributed by atoms with E-state index in [2.05, 4.69) is 4.74 Å². The molecule has 0 heterocycles. The fourth-order valence-electron chi connectivity index (χ4n) is 2.36. The molecule has 0 atom stereocenters. The van der Waals surface area contributed by atoms with Crippen LogP contribution in [0.5, 0.6) is 0 Å². The Morgan fingerprint density at radius 3 is 1.34 bits per heavy atom. The van der Waals surface area contributed by atoms with Crippen molar-refractivity contribution in [3.8, 4) is 0 Å². The van der Waals surface area contributed by atoms with E-state index < -0.39 is 67.4 Å². The molecule has 29 heavy (non-hydrogen) atoms. The second-order valence-corrected chi connectivity index (χ2v) is 5.20. The largest absolute Gasteiger partial charge is 0.478 e. The van der Waals surface area contributed by atoms with Gasteiger partial charge in [0.1, 0.15) is 0 Å². The predicted octanol–water partition coefficient (Wildman–Crippen LogP) is 1.90. The van der Waals surface area contributed by atoms with Crippen LogP contribution in [-0.4, -0.2) is 43.9 Å². The van der Waals surface area contributed by atoms with Crippen LogP contribution in [-0.2, 0) is 4.74 Å². The Bertz CT molecular complexity index is 940. The molecule has 0 fully saturated rings. The van der Waals surface area contributed by atoms with Crippen LogP contribution in [0, 0.1) is 20.2 Å². The molecule has 0 unspecified atom stereocenters. The SMILES string of the molecule is O=C(O)c1cccc([N+](=O)[O-])c1C(=O)OC(=O)c1c(C(=O)O)cccc1[N+](=O)[O-]. The first kappa shape index (κ1) is 20.6. The zero-order valence-corrected chi connectivity index (χ0v) is 13.9. The number of benzene rings is 2. The zero-order valence-electron chi connectivity index (χ0n) is 13.9. The van der Waals surface area contributed by atoms with Gasteiger partial charge in [-0.05, 0) is 12.1 Å². The average molecular weight is 404 g/mol. The molecule has 0 aliphatic rings. The van der Waals surface area contributed by atoms with Gasteiger partial charge in [0, 0.05) is 12.1 Å². The third-order valence-corrected chi connectivity index (χ3v) is 3.53. The van der Waals surface area contributed by atoms with E-state index in [9.17, 15) is 39.4 Å². The number of nitrogens with zero attached hydrogens (tertiary/aromatic N) is 2. The van der Waals surface area contributed by atoms with Crippen LogP contribution in [0.25, 0.3) is 0 Å². The summed E-state index contributed by atoms with van der Waals surface area (Å²) in [6, 6.07) is 5.19. The Labute approximate surface area is 159 Å². The molecule has 0 amide bonds. The molecule has 2 aromatic carbocycles. The fraction of sp³-hybridized carbons (Fsp3) is 0. The molecule has 0 aromatic heterocycles. The predicted molar refractivity (Wildman–Crippen MR) is 89.9 cm³/mol. The van der Waals surface area contributed by atoms with Gasteiger partial charge in [0.2, 0.25) is 0 Å². The van der Waals surface area contributed by atoms with Gasteiger partial charge in [-0.3, -0.25) is 20.2 Å². The van der Waals surface area contributed by atoms with Crippen molar-refractivity contribution in [2.24, 2.45) is 0 Å². The van der Waals surface area contributed by atoms with Crippen LogP contribution in [0.2, 0.25) is 0 Å². The number of rotatable bonds is 6. The Morgan fingerprint density at radius 2 is 1.07 bits per heavy atom. The van der Waals surface area contributed by atoms with E-state index >= 15 is 0 Å². The van der Waals surface area contributed by atoms with Crippen molar-refractivity contribution >= 4 is 35.3 Å². The monoisotopic (exact) mass is 404 g/mol. The van der Waals surface area contributed by atoms with Gasteiger partial charge in [0.15, 0.2) is 11.1 Å². The maximum Gasteiger partial charge on any atom is 0.353 e. The topological polar surface area (TPSA) is 204 Å². The second kappa shape index (κ2) is 7.91. The minimum atomic E-state index is -1.80. The lowest BCUT2D eigenvalue weighted by Crippen LogP contribution is -2.20. The van der Waals surface area contributed by atoms with E-state index in [-0.39, 0.29) is 0 Å². The number of carboxylic acids is 2. The summed E-state index contributed by atoms with van der Waals surface area (Å²) in [5.41, 5.74) is -5.90. The number of hydrogen-bond donors (Lipinski definition) is 2. The number of aromatic carboxylic acids is 2. The molecule has 148 valence electrons. The van der Waals surface area contributed by atoms with Crippen molar-refractivity contribution < 1.29 is 44.0 Å². The first-order valence-electron chi connectivity index (χ1n) is 7.34. The van der Waals surface area contributed by atoms with Crippen LogP contribution in [0.1, 0.15) is 41.4 Å². The van der Waals surface area contributed by atoms with Crippen LogP contribution in [0.3, 0.4) is 0 Å². The number of carbonyl (C=O) groups excluding carboxylic acids is 2. The lowest BCUT2D eigenvalue weighted by molar-refractivity contribution is -0.385. The molecule has 0 saturated carbocycles. The molecule has 0 aliphatic heterocycles. The molecule has 2 N–H and O–H groups in total. The zero-order chi connectivity index (χ0) is 21.9. The Balaban J connectivity index is 2.58. The molecule has 0 spiro atoms. The van der Waals surface area contributed by atoms with Gasteiger partial charge >= 0.3 is 23.9 Å². The number of hydrogen-bond acceptors (Lipinski definition) is 9. The Hall–Kier alpha value is -4.68. The molecular formula is C16H8N2O11. The van der Waals surface area contributed by atoms with Gasteiger partial charge in [-0.1, -0.05) is 12.1 Å². The van der Waals surface area contributed by atoms with Crippen molar-refractivity contribution in [1.82, 2.24) is 0 Å². The number of carbonyl (C=O) groups is 4. The summed E-state index contributed by atoms with van der Waals surface area (Å²) in [6.45, 7) is 0. The fourth-order valence-corrected chi connectivity index (χ4v) is 2.36. The maximum atomic E-state index is 12.3. The van der Waals surface area contributed by atoms with Crippen molar-refractivity contribution in [2.75, 3.05) is 0 Å².